The molecule has 0 saturated heterocycles. The number of aliphatic hydroxyl groups is 1. The van der Waals surface area contributed by atoms with Crippen molar-refractivity contribution in [3.63, 3.8) is 0 Å². The number of aromatic nitrogens is 1. The fraction of sp³-hybridized carbons (Fsp3) is 0.304. The Morgan fingerprint density at radius 3 is 2.62 bits per heavy atom. The van der Waals surface area contributed by atoms with Crippen LogP contribution in [0.1, 0.15) is 21.6 Å². The first-order chi connectivity index (χ1) is 15.5. The van der Waals surface area contributed by atoms with Crippen LogP contribution in [-0.4, -0.2) is 71.0 Å². The fourth-order valence-electron chi connectivity index (χ4n) is 3.97. The van der Waals surface area contributed by atoms with Crippen LogP contribution in [0, 0.1) is 0 Å². The van der Waals surface area contributed by atoms with Crippen molar-refractivity contribution in [2.75, 3.05) is 38.7 Å². The van der Waals surface area contributed by atoms with Crippen molar-refractivity contribution in [1.82, 2.24) is 14.8 Å². The molecule has 2 amide bonds. The third-order valence-electron chi connectivity index (χ3n) is 5.62. The number of aliphatic hydroxyl groups excluding tert-OH is 1. The first kappa shape index (κ1) is 21.5. The quantitative estimate of drug-likeness (QED) is 0.593. The maximum atomic E-state index is 12.9. The fourth-order valence-corrected chi connectivity index (χ4v) is 3.97. The van der Waals surface area contributed by atoms with Crippen LogP contribution in [0.15, 0.2) is 53.9 Å². The Hall–Kier alpha value is -3.72. The van der Waals surface area contributed by atoms with Crippen molar-refractivity contribution in [3.8, 4) is 0 Å². The van der Waals surface area contributed by atoms with Crippen molar-refractivity contribution in [1.29, 1.82) is 0 Å². The minimum atomic E-state index is -0.609. The number of nitrogens with zero attached hydrogens (tertiary/aromatic N) is 3. The number of ether oxygens (including phenoxy) is 1. The summed E-state index contributed by atoms with van der Waals surface area (Å²) in [7, 11) is 1.25. The number of hydrogen-bond donors (Lipinski definition) is 2. The van der Waals surface area contributed by atoms with Gasteiger partial charge in [0.1, 0.15) is 5.70 Å². The van der Waals surface area contributed by atoms with E-state index in [1.807, 2.05) is 18.2 Å². The van der Waals surface area contributed by atoms with Gasteiger partial charge in [-0.1, -0.05) is 12.1 Å². The van der Waals surface area contributed by atoms with E-state index in [9.17, 15) is 19.5 Å². The number of β-amino-alcohol motifs (C(OH)–C–C–N with tert-alkyl or cyclic N) is 1. The lowest BCUT2D eigenvalue weighted by Gasteiger charge is -2.16. The molecule has 4 rings (SSSR count). The number of hydrogen-bond acceptors (Lipinski definition) is 7. The molecular formula is C23H24N4O5. The lowest BCUT2D eigenvalue weighted by atomic mass is 10.1. The summed E-state index contributed by atoms with van der Waals surface area (Å²) in [6.07, 6.45) is 2.36. The van der Waals surface area contributed by atoms with Gasteiger partial charge in [0.15, 0.2) is 0 Å². The van der Waals surface area contributed by atoms with Gasteiger partial charge in [0.25, 0.3) is 11.8 Å². The molecule has 0 aliphatic carbocycles. The number of amides is 2. The van der Waals surface area contributed by atoms with Crippen molar-refractivity contribution in [3.05, 3.63) is 70.7 Å². The number of carbonyl (C=O) groups excluding carboxylic acids is 3. The number of benzene rings is 1. The van der Waals surface area contributed by atoms with E-state index < -0.39 is 11.9 Å². The van der Waals surface area contributed by atoms with E-state index in [1.54, 1.807) is 29.3 Å². The summed E-state index contributed by atoms with van der Waals surface area (Å²) in [5.41, 5.74) is 3.13. The third-order valence-corrected chi connectivity index (χ3v) is 5.62. The zero-order valence-electron chi connectivity index (χ0n) is 17.7. The Morgan fingerprint density at radius 2 is 1.91 bits per heavy atom. The van der Waals surface area contributed by atoms with Crippen LogP contribution in [0.3, 0.4) is 0 Å². The average molecular weight is 436 g/mol. The second-order valence-corrected chi connectivity index (χ2v) is 7.55. The Labute approximate surface area is 185 Å². The number of esters is 1. The van der Waals surface area contributed by atoms with Crippen LogP contribution in [0.4, 0.5) is 5.69 Å². The van der Waals surface area contributed by atoms with E-state index >= 15 is 0 Å². The Kier molecular flexibility index (Phi) is 6.18. The number of carbonyl (C=O) groups is 3. The molecule has 0 unspecified atom stereocenters. The molecule has 0 spiro atoms. The average Bonchev–Trinajstić information content (AvgIpc) is 3.30. The number of methoxy groups -OCH3 is 1. The SMILES string of the molecule is COC(=O)C1=C(Nc2cccc3c2CN(CCc2ccccn2)C3=O)C(=O)N(CCO)C1. The summed E-state index contributed by atoms with van der Waals surface area (Å²) in [4.78, 5) is 45.4. The van der Waals surface area contributed by atoms with E-state index in [4.69, 9.17) is 4.74 Å². The van der Waals surface area contributed by atoms with Gasteiger partial charge in [-0.3, -0.25) is 14.6 Å². The van der Waals surface area contributed by atoms with Gasteiger partial charge >= 0.3 is 5.97 Å². The highest BCUT2D eigenvalue weighted by Gasteiger charge is 2.36. The standard InChI is InChI=1S/C23H24N4O5/c1-32-23(31)18-14-27(11-12-28)22(30)20(18)25-19-7-4-6-16-17(19)13-26(21(16)29)10-8-15-5-2-3-9-24-15/h2-7,9,25,28H,8,10-14H2,1H3. The number of fused-ring (bicyclic) bond motifs is 1. The maximum absolute atomic E-state index is 12.9. The van der Waals surface area contributed by atoms with E-state index in [0.29, 0.717) is 30.8 Å². The first-order valence-corrected chi connectivity index (χ1v) is 10.3. The monoisotopic (exact) mass is 436 g/mol. The van der Waals surface area contributed by atoms with Gasteiger partial charge in [0.05, 0.1) is 25.8 Å². The summed E-state index contributed by atoms with van der Waals surface area (Å²) < 4.78 is 4.83. The van der Waals surface area contributed by atoms with E-state index in [1.165, 1.54) is 12.0 Å². The van der Waals surface area contributed by atoms with Gasteiger partial charge in [-0.05, 0) is 24.3 Å². The number of anilines is 1. The zero-order valence-corrected chi connectivity index (χ0v) is 17.7. The van der Waals surface area contributed by atoms with Crippen molar-refractivity contribution in [2.24, 2.45) is 0 Å². The molecule has 0 saturated carbocycles. The van der Waals surface area contributed by atoms with Crippen molar-refractivity contribution < 1.29 is 24.2 Å². The third kappa shape index (κ3) is 4.06. The van der Waals surface area contributed by atoms with Gasteiger partial charge in [-0.15, -0.1) is 0 Å². The predicted molar refractivity (Wildman–Crippen MR) is 115 cm³/mol. The molecule has 2 aliphatic heterocycles. The first-order valence-electron chi connectivity index (χ1n) is 10.3. The summed E-state index contributed by atoms with van der Waals surface area (Å²) in [5, 5.41) is 12.3. The highest BCUT2D eigenvalue weighted by Crippen LogP contribution is 2.32. The highest BCUT2D eigenvalue weighted by molar-refractivity contribution is 6.09. The Balaban J connectivity index is 1.56. The van der Waals surface area contributed by atoms with Crippen LogP contribution in [0.2, 0.25) is 0 Å². The summed E-state index contributed by atoms with van der Waals surface area (Å²) in [5.74, 6) is -1.09. The second-order valence-electron chi connectivity index (χ2n) is 7.55. The predicted octanol–water partition coefficient (Wildman–Crippen LogP) is 0.954. The van der Waals surface area contributed by atoms with Crippen LogP contribution in [0.5, 0.6) is 0 Å². The van der Waals surface area contributed by atoms with Gasteiger partial charge in [0, 0.05) is 54.8 Å². The lowest BCUT2D eigenvalue weighted by Crippen LogP contribution is -2.31. The minimum Gasteiger partial charge on any atom is -0.466 e. The number of nitrogens with one attached hydrogen (secondary N) is 1. The molecule has 2 N–H and O–H groups in total. The van der Waals surface area contributed by atoms with Crippen LogP contribution < -0.4 is 5.32 Å². The number of pyridine rings is 1. The molecule has 0 bridgehead atoms. The van der Waals surface area contributed by atoms with Gasteiger partial charge < -0.3 is 25.0 Å². The molecule has 3 heterocycles. The highest BCUT2D eigenvalue weighted by atomic mass is 16.5. The molecule has 0 radical (unpaired) electrons. The molecular weight excluding hydrogens is 412 g/mol. The maximum Gasteiger partial charge on any atom is 0.337 e. The zero-order chi connectivity index (χ0) is 22.7. The molecule has 1 aromatic carbocycles. The smallest absolute Gasteiger partial charge is 0.337 e. The number of rotatable bonds is 8. The largest absolute Gasteiger partial charge is 0.466 e. The van der Waals surface area contributed by atoms with Gasteiger partial charge in [0.2, 0.25) is 0 Å². The van der Waals surface area contributed by atoms with Crippen molar-refractivity contribution >= 4 is 23.5 Å². The molecule has 9 nitrogen and oxygen atoms in total. The normalized spacial score (nSPS) is 15.4. The molecule has 0 atom stereocenters. The minimum absolute atomic E-state index is 0.0541. The van der Waals surface area contributed by atoms with E-state index in [2.05, 4.69) is 10.3 Å². The second kappa shape index (κ2) is 9.19. The van der Waals surface area contributed by atoms with Crippen LogP contribution in [-0.2, 0) is 27.3 Å². The molecule has 0 fully saturated rings. The van der Waals surface area contributed by atoms with E-state index in [0.717, 1.165) is 11.3 Å². The van der Waals surface area contributed by atoms with Crippen LogP contribution in [0.25, 0.3) is 0 Å². The lowest BCUT2D eigenvalue weighted by molar-refractivity contribution is -0.136. The van der Waals surface area contributed by atoms with Gasteiger partial charge in [-0.2, -0.15) is 0 Å². The topological polar surface area (TPSA) is 112 Å². The molecule has 1 aromatic heterocycles. The van der Waals surface area contributed by atoms with Crippen molar-refractivity contribution in [2.45, 2.75) is 13.0 Å². The summed E-state index contributed by atoms with van der Waals surface area (Å²) in [6, 6.07) is 11.0. The Bertz CT molecular complexity index is 1080. The van der Waals surface area contributed by atoms with E-state index in [-0.39, 0.29) is 36.9 Å². The Morgan fingerprint density at radius 1 is 1.09 bits per heavy atom. The molecule has 166 valence electrons. The molecule has 2 aliphatic rings. The summed E-state index contributed by atoms with van der Waals surface area (Å²) in [6.45, 7) is 0.854. The molecule has 32 heavy (non-hydrogen) atoms. The summed E-state index contributed by atoms with van der Waals surface area (Å²) >= 11 is 0. The molecule has 9 heteroatoms. The molecule has 2 aromatic rings. The van der Waals surface area contributed by atoms with Gasteiger partial charge in [-0.25, -0.2) is 4.79 Å². The van der Waals surface area contributed by atoms with Crippen LogP contribution >= 0.6 is 0 Å².